The van der Waals surface area contributed by atoms with E-state index in [0.717, 1.165) is 43.3 Å². The van der Waals surface area contributed by atoms with Crippen LogP contribution < -0.4 is 10.1 Å². The number of benzene rings is 1. The van der Waals surface area contributed by atoms with Gasteiger partial charge in [-0.3, -0.25) is 4.99 Å². The molecule has 144 valence electrons. The van der Waals surface area contributed by atoms with Crippen molar-refractivity contribution in [3.63, 3.8) is 0 Å². The lowest BCUT2D eigenvalue weighted by molar-refractivity contribution is 0.340. The van der Waals surface area contributed by atoms with Crippen LogP contribution in [0.5, 0.6) is 5.75 Å². The summed E-state index contributed by atoms with van der Waals surface area (Å²) >= 11 is 1.74. The Labute approximate surface area is 177 Å². The smallest absolute Gasteiger partial charge is 0.193 e. The number of guanidine groups is 1. The molecule has 0 unspecified atom stereocenters. The average molecular weight is 488 g/mol. The van der Waals surface area contributed by atoms with Gasteiger partial charge in [-0.2, -0.15) is 0 Å². The summed E-state index contributed by atoms with van der Waals surface area (Å²) in [6, 6.07) is 8.21. The van der Waals surface area contributed by atoms with Gasteiger partial charge >= 0.3 is 0 Å². The molecule has 1 heterocycles. The Morgan fingerprint density at radius 3 is 2.58 bits per heavy atom. The largest absolute Gasteiger partial charge is 0.494 e. The number of ether oxygens (including phenoxy) is 1. The van der Waals surface area contributed by atoms with Crippen molar-refractivity contribution in [2.75, 3.05) is 27.2 Å². The Morgan fingerprint density at radius 2 is 2.00 bits per heavy atom. The fourth-order valence-corrected chi connectivity index (χ4v) is 3.30. The maximum Gasteiger partial charge on any atom is 0.193 e. The van der Waals surface area contributed by atoms with Crippen molar-refractivity contribution in [1.29, 1.82) is 0 Å². The third-order valence-corrected chi connectivity index (χ3v) is 4.84. The molecule has 1 aromatic heterocycles. The van der Waals surface area contributed by atoms with Crippen LogP contribution in [-0.4, -0.2) is 43.1 Å². The maximum absolute atomic E-state index is 5.48. The van der Waals surface area contributed by atoms with E-state index in [1.807, 2.05) is 33.2 Å². The summed E-state index contributed by atoms with van der Waals surface area (Å²) in [6.45, 7) is 6.44. The number of aliphatic imine (C=N–C) groups is 1. The molecule has 0 aliphatic rings. The van der Waals surface area contributed by atoms with Crippen LogP contribution in [0.25, 0.3) is 0 Å². The van der Waals surface area contributed by atoms with Gasteiger partial charge in [0, 0.05) is 39.0 Å². The summed E-state index contributed by atoms with van der Waals surface area (Å²) in [7, 11) is 3.86. The molecular formula is C19H29IN4OS. The number of thiazole rings is 1. The normalized spacial score (nSPS) is 11.0. The first-order valence-corrected chi connectivity index (χ1v) is 9.61. The molecule has 0 saturated carbocycles. The second-order valence-electron chi connectivity index (χ2n) is 5.74. The SMILES string of the molecule is CCOc1ccc(CN(C)C(=NC)NCCc2csc(CC)n2)cc1.I. The van der Waals surface area contributed by atoms with Crippen molar-refractivity contribution < 1.29 is 4.74 Å². The first kappa shape index (κ1) is 22.7. The van der Waals surface area contributed by atoms with Crippen LogP contribution in [0.2, 0.25) is 0 Å². The number of aryl methyl sites for hydroxylation is 1. The number of aromatic nitrogens is 1. The van der Waals surface area contributed by atoms with E-state index in [-0.39, 0.29) is 24.0 Å². The number of hydrogen-bond acceptors (Lipinski definition) is 4. The van der Waals surface area contributed by atoms with E-state index in [9.17, 15) is 0 Å². The van der Waals surface area contributed by atoms with E-state index in [1.165, 1.54) is 10.6 Å². The van der Waals surface area contributed by atoms with Crippen LogP contribution in [0.15, 0.2) is 34.6 Å². The lowest BCUT2D eigenvalue weighted by Crippen LogP contribution is -2.39. The van der Waals surface area contributed by atoms with Gasteiger partial charge in [0.1, 0.15) is 5.75 Å². The third-order valence-electron chi connectivity index (χ3n) is 3.79. The highest BCUT2D eigenvalue weighted by molar-refractivity contribution is 14.0. The van der Waals surface area contributed by atoms with Crippen molar-refractivity contribution in [3.8, 4) is 5.75 Å². The summed E-state index contributed by atoms with van der Waals surface area (Å²) in [6.07, 6.45) is 1.91. The quantitative estimate of drug-likeness (QED) is 0.347. The summed E-state index contributed by atoms with van der Waals surface area (Å²) < 4.78 is 5.48. The Kier molecular flexibility index (Phi) is 10.6. The van der Waals surface area contributed by atoms with Crippen LogP contribution in [0.4, 0.5) is 0 Å². The van der Waals surface area contributed by atoms with Crippen molar-refractivity contribution in [2.24, 2.45) is 4.99 Å². The fourth-order valence-electron chi connectivity index (χ4n) is 2.52. The lowest BCUT2D eigenvalue weighted by Gasteiger charge is -2.22. The van der Waals surface area contributed by atoms with Crippen LogP contribution >= 0.6 is 35.3 Å². The van der Waals surface area contributed by atoms with E-state index in [0.29, 0.717) is 6.61 Å². The van der Waals surface area contributed by atoms with Crippen molar-refractivity contribution in [2.45, 2.75) is 33.2 Å². The summed E-state index contributed by atoms with van der Waals surface area (Å²) in [5.41, 5.74) is 2.37. The molecule has 0 saturated heterocycles. The second-order valence-corrected chi connectivity index (χ2v) is 6.69. The van der Waals surface area contributed by atoms with E-state index in [2.05, 4.69) is 44.6 Å². The highest BCUT2D eigenvalue weighted by Crippen LogP contribution is 2.13. The number of nitrogens with one attached hydrogen (secondary N) is 1. The molecular weight excluding hydrogens is 459 g/mol. The van der Waals surface area contributed by atoms with E-state index >= 15 is 0 Å². The van der Waals surface area contributed by atoms with E-state index in [4.69, 9.17) is 4.74 Å². The molecule has 0 atom stereocenters. The van der Waals surface area contributed by atoms with Gasteiger partial charge in [-0.25, -0.2) is 4.98 Å². The van der Waals surface area contributed by atoms with E-state index in [1.54, 1.807) is 11.3 Å². The molecule has 0 bridgehead atoms. The molecule has 2 rings (SSSR count). The summed E-state index contributed by atoms with van der Waals surface area (Å²) in [5.74, 6) is 1.80. The molecule has 0 radical (unpaired) electrons. The first-order chi connectivity index (χ1) is 12.2. The van der Waals surface area contributed by atoms with Gasteiger partial charge in [-0.15, -0.1) is 35.3 Å². The van der Waals surface area contributed by atoms with Gasteiger partial charge in [0.05, 0.1) is 17.3 Å². The van der Waals surface area contributed by atoms with Gasteiger partial charge < -0.3 is 15.0 Å². The standard InChI is InChI=1S/C19H28N4OS.HI/c1-5-18-22-16(14-25-18)11-12-21-19(20-3)23(4)13-15-7-9-17(10-8-15)24-6-2;/h7-10,14H,5-6,11-13H2,1-4H3,(H,20,21);1H. The monoisotopic (exact) mass is 488 g/mol. The predicted molar refractivity (Wildman–Crippen MR) is 121 cm³/mol. The molecule has 0 spiro atoms. The topological polar surface area (TPSA) is 49.8 Å². The number of halogens is 1. The Bertz CT molecular complexity index is 672. The predicted octanol–water partition coefficient (Wildman–Crippen LogP) is 3.97. The van der Waals surface area contributed by atoms with Gasteiger partial charge in [-0.05, 0) is 31.0 Å². The molecule has 5 nitrogen and oxygen atoms in total. The molecule has 1 N–H and O–H groups in total. The fraction of sp³-hybridized carbons (Fsp3) is 0.474. The minimum Gasteiger partial charge on any atom is -0.494 e. The Balaban J connectivity index is 0.00000338. The van der Waals surface area contributed by atoms with Crippen LogP contribution in [0.1, 0.15) is 30.1 Å². The first-order valence-electron chi connectivity index (χ1n) is 8.73. The molecule has 0 amide bonds. The molecule has 0 aliphatic carbocycles. The van der Waals surface area contributed by atoms with Crippen LogP contribution in [0.3, 0.4) is 0 Å². The number of nitrogens with zero attached hydrogens (tertiary/aromatic N) is 3. The molecule has 26 heavy (non-hydrogen) atoms. The molecule has 7 heteroatoms. The molecule has 1 aromatic carbocycles. The van der Waals surface area contributed by atoms with Crippen molar-refractivity contribution in [3.05, 3.63) is 45.9 Å². The molecule has 0 fully saturated rings. The Morgan fingerprint density at radius 1 is 1.27 bits per heavy atom. The zero-order valence-electron chi connectivity index (χ0n) is 16.0. The molecule has 2 aromatic rings. The zero-order valence-corrected chi connectivity index (χ0v) is 19.1. The summed E-state index contributed by atoms with van der Waals surface area (Å²) in [5, 5.41) is 6.76. The second kappa shape index (κ2) is 12.1. The van der Waals surface area contributed by atoms with Crippen LogP contribution in [0, 0.1) is 0 Å². The Hall–Kier alpha value is -1.35. The maximum atomic E-state index is 5.48. The highest BCUT2D eigenvalue weighted by Gasteiger charge is 2.07. The summed E-state index contributed by atoms with van der Waals surface area (Å²) in [4.78, 5) is 11.1. The van der Waals surface area contributed by atoms with Crippen LogP contribution in [-0.2, 0) is 19.4 Å². The number of rotatable bonds is 8. The molecule has 0 aliphatic heterocycles. The van der Waals surface area contributed by atoms with E-state index < -0.39 is 0 Å². The zero-order chi connectivity index (χ0) is 18.1. The van der Waals surface area contributed by atoms with Crippen molar-refractivity contribution in [1.82, 2.24) is 15.2 Å². The third kappa shape index (κ3) is 7.11. The highest BCUT2D eigenvalue weighted by atomic mass is 127. The lowest BCUT2D eigenvalue weighted by atomic mass is 10.2. The van der Waals surface area contributed by atoms with Gasteiger partial charge in [0.25, 0.3) is 0 Å². The van der Waals surface area contributed by atoms with Gasteiger partial charge in [0.2, 0.25) is 0 Å². The van der Waals surface area contributed by atoms with Crippen molar-refractivity contribution >= 4 is 41.3 Å². The van der Waals surface area contributed by atoms with Gasteiger partial charge in [-0.1, -0.05) is 19.1 Å². The number of hydrogen-bond donors (Lipinski definition) is 1. The average Bonchev–Trinajstić information content (AvgIpc) is 3.08. The minimum atomic E-state index is 0. The minimum absolute atomic E-state index is 0. The van der Waals surface area contributed by atoms with Gasteiger partial charge in [0.15, 0.2) is 5.96 Å².